The third-order valence-electron chi connectivity index (χ3n) is 5.59. The van der Waals surface area contributed by atoms with Crippen LogP contribution in [0.25, 0.3) is 0 Å². The van der Waals surface area contributed by atoms with Crippen LogP contribution in [0.5, 0.6) is 5.75 Å². The minimum absolute atomic E-state index is 0.00852. The van der Waals surface area contributed by atoms with Gasteiger partial charge in [0.2, 0.25) is 5.91 Å². The molecular weight excluding hydrogens is 344 g/mol. The van der Waals surface area contributed by atoms with E-state index in [1.54, 1.807) is 36.3 Å². The van der Waals surface area contributed by atoms with E-state index in [2.05, 4.69) is 12.2 Å². The summed E-state index contributed by atoms with van der Waals surface area (Å²) in [6, 6.07) is 6.48. The number of carbonyl (C=O) groups excluding carboxylic acids is 2. The van der Waals surface area contributed by atoms with Gasteiger partial charge in [0.15, 0.2) is 0 Å². The highest BCUT2D eigenvalue weighted by Crippen LogP contribution is 2.43. The van der Waals surface area contributed by atoms with Crippen LogP contribution in [0.2, 0.25) is 0 Å². The summed E-state index contributed by atoms with van der Waals surface area (Å²) in [5, 5.41) is 2.94. The Morgan fingerprint density at radius 2 is 2.00 bits per heavy atom. The summed E-state index contributed by atoms with van der Waals surface area (Å²) in [5.41, 5.74) is -0.175. The Labute approximate surface area is 161 Å². The van der Waals surface area contributed by atoms with Gasteiger partial charge >= 0.3 is 0 Å². The first-order valence-electron chi connectivity index (χ1n) is 9.78. The number of nitrogens with one attached hydrogen (secondary N) is 1. The molecule has 1 aliphatic carbocycles. The molecule has 0 radical (unpaired) electrons. The van der Waals surface area contributed by atoms with E-state index in [0.717, 1.165) is 25.7 Å². The SMILES string of the molecule is COc1cccc(C(=O)N2[C@H](C(=O)NC(C)C)COC23CCC(C)CC3)c1. The second kappa shape index (κ2) is 7.89. The molecule has 1 saturated carbocycles. The normalized spacial score (nSPS) is 27.8. The topological polar surface area (TPSA) is 67.9 Å². The third-order valence-corrected chi connectivity index (χ3v) is 5.59. The second-order valence-electron chi connectivity index (χ2n) is 8.03. The lowest BCUT2D eigenvalue weighted by Crippen LogP contribution is -2.57. The van der Waals surface area contributed by atoms with Gasteiger partial charge in [-0.05, 0) is 63.6 Å². The third kappa shape index (κ3) is 3.95. The average Bonchev–Trinajstić information content (AvgIpc) is 3.02. The molecule has 0 bridgehead atoms. The highest BCUT2D eigenvalue weighted by Gasteiger charge is 2.53. The van der Waals surface area contributed by atoms with Crippen molar-refractivity contribution in [1.82, 2.24) is 10.2 Å². The van der Waals surface area contributed by atoms with Crippen LogP contribution in [0.3, 0.4) is 0 Å². The molecule has 6 nitrogen and oxygen atoms in total. The minimum atomic E-state index is -0.689. The van der Waals surface area contributed by atoms with Crippen molar-refractivity contribution in [2.24, 2.45) is 5.92 Å². The average molecular weight is 374 g/mol. The molecule has 1 N–H and O–H groups in total. The fourth-order valence-corrected chi connectivity index (χ4v) is 4.06. The summed E-state index contributed by atoms with van der Waals surface area (Å²) in [7, 11) is 1.57. The molecule has 1 spiro atoms. The number of ether oxygens (including phenoxy) is 2. The van der Waals surface area contributed by atoms with Crippen LogP contribution >= 0.6 is 0 Å². The smallest absolute Gasteiger partial charge is 0.257 e. The van der Waals surface area contributed by atoms with Gasteiger partial charge < -0.3 is 14.8 Å². The van der Waals surface area contributed by atoms with Gasteiger partial charge in [0.05, 0.1) is 13.7 Å². The summed E-state index contributed by atoms with van der Waals surface area (Å²) in [6.45, 7) is 6.29. The molecule has 1 aromatic rings. The first-order valence-corrected chi connectivity index (χ1v) is 9.78. The first kappa shape index (κ1) is 19.7. The standard InChI is InChI=1S/C21H30N2O4/c1-14(2)22-19(24)18-13-27-21(10-8-15(3)9-11-21)23(18)20(25)16-6-5-7-17(12-16)26-4/h5-7,12,14-15,18H,8-11,13H2,1-4H3,(H,22,24)/t15?,18-,21?/m0/s1. The summed E-state index contributed by atoms with van der Waals surface area (Å²) in [5.74, 6) is 0.897. The summed E-state index contributed by atoms with van der Waals surface area (Å²) < 4.78 is 11.4. The number of methoxy groups -OCH3 is 1. The molecule has 0 unspecified atom stereocenters. The number of hydrogen-bond donors (Lipinski definition) is 1. The van der Waals surface area contributed by atoms with Crippen molar-refractivity contribution in [3.8, 4) is 5.75 Å². The lowest BCUT2D eigenvalue weighted by atomic mass is 9.83. The molecule has 3 rings (SSSR count). The molecule has 0 aromatic heterocycles. The zero-order valence-electron chi connectivity index (χ0n) is 16.7. The number of hydrogen-bond acceptors (Lipinski definition) is 4. The maximum atomic E-state index is 13.5. The monoisotopic (exact) mass is 374 g/mol. The molecule has 1 aromatic carbocycles. The van der Waals surface area contributed by atoms with Crippen molar-refractivity contribution in [3.63, 3.8) is 0 Å². The largest absolute Gasteiger partial charge is 0.497 e. The zero-order valence-corrected chi connectivity index (χ0v) is 16.7. The van der Waals surface area contributed by atoms with Gasteiger partial charge in [-0.2, -0.15) is 0 Å². The van der Waals surface area contributed by atoms with E-state index in [0.29, 0.717) is 17.2 Å². The van der Waals surface area contributed by atoms with E-state index in [4.69, 9.17) is 9.47 Å². The Bertz CT molecular complexity index is 695. The number of rotatable bonds is 4. The van der Waals surface area contributed by atoms with Crippen molar-refractivity contribution in [2.75, 3.05) is 13.7 Å². The zero-order chi connectivity index (χ0) is 19.6. The Hall–Kier alpha value is -2.08. The molecule has 1 atom stereocenters. The predicted octanol–water partition coefficient (Wildman–Crippen LogP) is 2.97. The molecule has 27 heavy (non-hydrogen) atoms. The summed E-state index contributed by atoms with van der Waals surface area (Å²) >= 11 is 0. The second-order valence-corrected chi connectivity index (χ2v) is 8.03. The lowest BCUT2D eigenvalue weighted by molar-refractivity contribution is -0.128. The number of carbonyl (C=O) groups is 2. The van der Waals surface area contributed by atoms with Crippen molar-refractivity contribution in [2.45, 2.75) is 64.3 Å². The van der Waals surface area contributed by atoms with Gasteiger partial charge in [0.25, 0.3) is 5.91 Å². The fourth-order valence-electron chi connectivity index (χ4n) is 4.06. The van der Waals surface area contributed by atoms with Gasteiger partial charge in [-0.25, -0.2) is 0 Å². The Balaban J connectivity index is 1.94. The van der Waals surface area contributed by atoms with Crippen LogP contribution in [0, 0.1) is 5.92 Å². The van der Waals surface area contributed by atoms with Gasteiger partial charge in [0, 0.05) is 11.6 Å². The Morgan fingerprint density at radius 1 is 1.30 bits per heavy atom. The van der Waals surface area contributed by atoms with Gasteiger partial charge in [-0.3, -0.25) is 14.5 Å². The van der Waals surface area contributed by atoms with Crippen LogP contribution in [-0.2, 0) is 9.53 Å². The summed E-state index contributed by atoms with van der Waals surface area (Å²) in [6.07, 6.45) is 3.49. The van der Waals surface area contributed by atoms with Gasteiger partial charge in [-0.15, -0.1) is 0 Å². The summed E-state index contributed by atoms with van der Waals surface area (Å²) in [4.78, 5) is 28.0. The van der Waals surface area contributed by atoms with Crippen molar-refractivity contribution >= 4 is 11.8 Å². The van der Waals surface area contributed by atoms with E-state index < -0.39 is 11.8 Å². The number of amides is 2. The van der Waals surface area contributed by atoms with Crippen LogP contribution in [0.4, 0.5) is 0 Å². The molecule has 2 amide bonds. The maximum Gasteiger partial charge on any atom is 0.257 e. The van der Waals surface area contributed by atoms with Gasteiger partial charge in [0.1, 0.15) is 17.5 Å². The van der Waals surface area contributed by atoms with Crippen LogP contribution < -0.4 is 10.1 Å². The number of nitrogens with zero attached hydrogens (tertiary/aromatic N) is 1. The molecule has 2 aliphatic rings. The van der Waals surface area contributed by atoms with E-state index in [-0.39, 0.29) is 24.5 Å². The molecule has 148 valence electrons. The van der Waals surface area contributed by atoms with E-state index in [1.165, 1.54) is 0 Å². The molecule has 1 heterocycles. The van der Waals surface area contributed by atoms with Gasteiger partial charge in [-0.1, -0.05) is 13.0 Å². The van der Waals surface area contributed by atoms with Crippen molar-refractivity contribution in [3.05, 3.63) is 29.8 Å². The van der Waals surface area contributed by atoms with Crippen LogP contribution in [0.15, 0.2) is 24.3 Å². The van der Waals surface area contributed by atoms with E-state index in [9.17, 15) is 9.59 Å². The molecule has 1 aliphatic heterocycles. The first-order chi connectivity index (χ1) is 12.9. The molecule has 2 fully saturated rings. The Morgan fingerprint density at radius 3 is 2.63 bits per heavy atom. The van der Waals surface area contributed by atoms with E-state index >= 15 is 0 Å². The highest BCUT2D eigenvalue weighted by atomic mass is 16.5. The van der Waals surface area contributed by atoms with E-state index in [1.807, 2.05) is 13.8 Å². The molecular formula is C21H30N2O4. The van der Waals surface area contributed by atoms with Crippen molar-refractivity contribution < 1.29 is 19.1 Å². The van der Waals surface area contributed by atoms with Crippen LogP contribution in [0.1, 0.15) is 56.8 Å². The Kier molecular flexibility index (Phi) is 5.75. The predicted molar refractivity (Wildman–Crippen MR) is 103 cm³/mol. The number of benzene rings is 1. The van der Waals surface area contributed by atoms with Crippen molar-refractivity contribution in [1.29, 1.82) is 0 Å². The maximum absolute atomic E-state index is 13.5. The highest BCUT2D eigenvalue weighted by molar-refractivity contribution is 5.98. The van der Waals surface area contributed by atoms with Crippen LogP contribution in [-0.4, -0.2) is 48.2 Å². The lowest BCUT2D eigenvalue weighted by Gasteiger charge is -2.43. The molecule has 1 saturated heterocycles. The fraction of sp³-hybridized carbons (Fsp3) is 0.619. The minimum Gasteiger partial charge on any atom is -0.497 e. The quantitative estimate of drug-likeness (QED) is 0.880. The molecule has 6 heteroatoms.